The zero-order valence-electron chi connectivity index (χ0n) is 12.9. The Morgan fingerprint density at radius 3 is 2.48 bits per heavy atom. The molecular formula is C18H20BrCl2NO. The lowest BCUT2D eigenvalue weighted by Crippen LogP contribution is -2.53. The average Bonchev–Trinajstić information content (AvgIpc) is 2.39. The summed E-state index contributed by atoms with van der Waals surface area (Å²) in [6.07, 6.45) is 8.13. The van der Waals surface area contributed by atoms with Crippen LogP contribution in [0.3, 0.4) is 0 Å². The second kappa shape index (κ2) is 5.64. The molecule has 4 atom stereocenters. The van der Waals surface area contributed by atoms with Crippen LogP contribution in [0.25, 0.3) is 0 Å². The molecule has 4 aliphatic rings. The van der Waals surface area contributed by atoms with Crippen molar-refractivity contribution in [3.63, 3.8) is 0 Å². The van der Waals surface area contributed by atoms with Gasteiger partial charge in [0.25, 0.3) is 0 Å². The summed E-state index contributed by atoms with van der Waals surface area (Å²) >= 11 is 16.0. The summed E-state index contributed by atoms with van der Waals surface area (Å²) in [6.45, 7) is 0. The largest absolute Gasteiger partial charge is 0.326 e. The van der Waals surface area contributed by atoms with Gasteiger partial charge in [-0.2, -0.15) is 0 Å². The predicted octanol–water partition coefficient (Wildman–Crippen LogP) is 6.06. The number of anilines is 1. The van der Waals surface area contributed by atoms with Crippen molar-refractivity contribution in [3.05, 3.63) is 28.2 Å². The van der Waals surface area contributed by atoms with Crippen LogP contribution >= 0.6 is 39.1 Å². The standard InChI is InChI=1S/C18H20BrCl2NO/c19-18-7-11-3-12(8-18)6-17(5-11,10-18)9-16(23)22-13-1-2-14(20)15(21)4-13/h1-2,4,11-12H,3,5-10H2,(H,22,23)/t11-,12+,17?,18?. The van der Waals surface area contributed by atoms with Crippen LogP contribution in [0.5, 0.6) is 0 Å². The molecule has 1 aromatic rings. The summed E-state index contributed by atoms with van der Waals surface area (Å²) in [6, 6.07) is 5.24. The van der Waals surface area contributed by atoms with Gasteiger partial charge in [-0.15, -0.1) is 0 Å². The molecule has 23 heavy (non-hydrogen) atoms. The van der Waals surface area contributed by atoms with Gasteiger partial charge in [-0.05, 0) is 74.0 Å². The van der Waals surface area contributed by atoms with E-state index in [-0.39, 0.29) is 11.3 Å². The highest BCUT2D eigenvalue weighted by molar-refractivity contribution is 9.10. The van der Waals surface area contributed by atoms with Crippen molar-refractivity contribution in [2.45, 2.75) is 49.3 Å². The van der Waals surface area contributed by atoms with Gasteiger partial charge in [0.2, 0.25) is 5.91 Å². The lowest BCUT2D eigenvalue weighted by Gasteiger charge is -2.60. The van der Waals surface area contributed by atoms with Gasteiger partial charge in [0.15, 0.2) is 0 Å². The van der Waals surface area contributed by atoms with Crippen LogP contribution < -0.4 is 5.32 Å². The van der Waals surface area contributed by atoms with Crippen molar-refractivity contribution in [2.75, 3.05) is 5.32 Å². The molecule has 2 nitrogen and oxygen atoms in total. The number of carbonyl (C=O) groups excluding carboxylic acids is 1. The summed E-state index contributed by atoms with van der Waals surface area (Å²) in [7, 11) is 0. The molecule has 0 saturated heterocycles. The fraction of sp³-hybridized carbons (Fsp3) is 0.611. The number of nitrogens with one attached hydrogen (secondary N) is 1. The summed E-state index contributed by atoms with van der Waals surface area (Å²) in [4.78, 5) is 12.6. The fourth-order valence-corrected chi connectivity index (χ4v) is 7.47. The highest BCUT2D eigenvalue weighted by atomic mass is 79.9. The minimum atomic E-state index is 0.0986. The second-order valence-corrected chi connectivity index (χ2v) is 10.5. The quantitative estimate of drug-likeness (QED) is 0.596. The number of rotatable bonds is 3. The third kappa shape index (κ3) is 3.17. The SMILES string of the molecule is O=C(CC12C[C@@H]3C[C@@H](CC(Br)(C3)C1)C2)Nc1ccc(Cl)c(Cl)c1. The third-order valence-electron chi connectivity index (χ3n) is 5.85. The minimum Gasteiger partial charge on any atom is -0.326 e. The Kier molecular flexibility index (Phi) is 3.98. The Morgan fingerprint density at radius 2 is 1.87 bits per heavy atom. The molecule has 0 radical (unpaired) electrons. The van der Waals surface area contributed by atoms with Crippen molar-refractivity contribution in [1.29, 1.82) is 0 Å². The van der Waals surface area contributed by atoms with Crippen molar-refractivity contribution < 1.29 is 4.79 Å². The number of alkyl halides is 1. The smallest absolute Gasteiger partial charge is 0.224 e. The maximum Gasteiger partial charge on any atom is 0.224 e. The highest BCUT2D eigenvalue weighted by Gasteiger charge is 2.57. The zero-order chi connectivity index (χ0) is 16.2. The maximum absolute atomic E-state index is 12.6. The van der Waals surface area contributed by atoms with Crippen molar-refractivity contribution in [2.24, 2.45) is 17.3 Å². The lowest BCUT2D eigenvalue weighted by molar-refractivity contribution is -0.123. The highest BCUT2D eigenvalue weighted by Crippen LogP contribution is 2.65. The summed E-state index contributed by atoms with van der Waals surface area (Å²) in [5.74, 6) is 1.70. The normalized spacial score (nSPS) is 37.9. The summed E-state index contributed by atoms with van der Waals surface area (Å²) in [5, 5.41) is 3.98. The van der Waals surface area contributed by atoms with Crippen LogP contribution in [0.4, 0.5) is 5.69 Å². The van der Waals surface area contributed by atoms with Gasteiger partial charge in [0.05, 0.1) is 10.0 Å². The molecular weight excluding hydrogens is 397 g/mol. The van der Waals surface area contributed by atoms with Gasteiger partial charge in [-0.1, -0.05) is 39.1 Å². The van der Waals surface area contributed by atoms with Gasteiger partial charge >= 0.3 is 0 Å². The van der Waals surface area contributed by atoms with Crippen molar-refractivity contribution in [3.8, 4) is 0 Å². The number of amides is 1. The van der Waals surface area contributed by atoms with Gasteiger partial charge in [0, 0.05) is 16.4 Å². The van der Waals surface area contributed by atoms with Gasteiger partial charge in [0.1, 0.15) is 0 Å². The molecule has 1 N–H and O–H groups in total. The molecule has 1 amide bonds. The van der Waals surface area contributed by atoms with Crippen LogP contribution in [0, 0.1) is 17.3 Å². The van der Waals surface area contributed by atoms with E-state index in [1.54, 1.807) is 18.2 Å². The zero-order valence-corrected chi connectivity index (χ0v) is 16.0. The number of hydrogen-bond acceptors (Lipinski definition) is 1. The molecule has 0 aliphatic heterocycles. The van der Waals surface area contributed by atoms with Crippen LogP contribution in [0.2, 0.25) is 10.0 Å². The molecule has 1 aromatic carbocycles. The van der Waals surface area contributed by atoms with E-state index in [2.05, 4.69) is 21.2 Å². The molecule has 0 aromatic heterocycles. The monoisotopic (exact) mass is 415 g/mol. The number of hydrogen-bond donors (Lipinski definition) is 1. The Bertz CT molecular complexity index is 648. The number of benzene rings is 1. The first-order valence-corrected chi connectivity index (χ1v) is 9.84. The first kappa shape index (κ1) is 16.2. The molecule has 0 spiro atoms. The summed E-state index contributed by atoms with van der Waals surface area (Å²) in [5.41, 5.74) is 0.913. The van der Waals surface area contributed by atoms with E-state index in [0.717, 1.165) is 23.9 Å². The van der Waals surface area contributed by atoms with Crippen LogP contribution in [0.1, 0.15) is 44.9 Å². The van der Waals surface area contributed by atoms with Crippen LogP contribution in [-0.2, 0) is 4.79 Å². The Morgan fingerprint density at radius 1 is 1.17 bits per heavy atom. The Balaban J connectivity index is 1.47. The summed E-state index contributed by atoms with van der Waals surface area (Å²) < 4.78 is 0.293. The topological polar surface area (TPSA) is 29.1 Å². The first-order chi connectivity index (χ1) is 10.8. The molecule has 4 bridgehead atoms. The molecule has 124 valence electrons. The van der Waals surface area contributed by atoms with E-state index >= 15 is 0 Å². The van der Waals surface area contributed by atoms with E-state index in [1.165, 1.54) is 32.1 Å². The van der Waals surface area contributed by atoms with E-state index < -0.39 is 0 Å². The lowest BCUT2D eigenvalue weighted by atomic mass is 9.48. The molecule has 0 heterocycles. The predicted molar refractivity (Wildman–Crippen MR) is 98.5 cm³/mol. The molecule has 2 unspecified atom stereocenters. The molecule has 4 aliphatic carbocycles. The van der Waals surface area contributed by atoms with Gasteiger partial charge in [-0.25, -0.2) is 0 Å². The van der Waals surface area contributed by atoms with E-state index in [0.29, 0.717) is 20.8 Å². The number of carbonyl (C=O) groups is 1. The first-order valence-electron chi connectivity index (χ1n) is 8.29. The van der Waals surface area contributed by atoms with E-state index in [4.69, 9.17) is 23.2 Å². The minimum absolute atomic E-state index is 0.0986. The Labute approximate surface area is 155 Å². The second-order valence-electron chi connectivity index (χ2n) is 7.97. The molecule has 5 heteroatoms. The molecule has 4 fully saturated rings. The molecule has 4 saturated carbocycles. The van der Waals surface area contributed by atoms with Crippen LogP contribution in [0.15, 0.2) is 18.2 Å². The van der Waals surface area contributed by atoms with E-state index in [9.17, 15) is 4.79 Å². The van der Waals surface area contributed by atoms with E-state index in [1.807, 2.05) is 0 Å². The van der Waals surface area contributed by atoms with Crippen LogP contribution in [-0.4, -0.2) is 10.2 Å². The van der Waals surface area contributed by atoms with Crippen molar-refractivity contribution in [1.82, 2.24) is 0 Å². The van der Waals surface area contributed by atoms with Gasteiger partial charge < -0.3 is 5.32 Å². The number of halogens is 3. The third-order valence-corrected chi connectivity index (χ3v) is 7.52. The van der Waals surface area contributed by atoms with Gasteiger partial charge in [-0.3, -0.25) is 4.79 Å². The molecule has 5 rings (SSSR count). The van der Waals surface area contributed by atoms with Crippen molar-refractivity contribution >= 4 is 50.7 Å². The average molecular weight is 417 g/mol. The Hall–Kier alpha value is -0.250. The fourth-order valence-electron chi connectivity index (χ4n) is 5.66. The maximum atomic E-state index is 12.6.